The minimum atomic E-state index is -0.403. The first-order valence-corrected chi connectivity index (χ1v) is 19.0. The minimum absolute atomic E-state index is 0. The predicted molar refractivity (Wildman–Crippen MR) is 207 cm³/mol. The van der Waals surface area contributed by atoms with Crippen molar-refractivity contribution in [3.8, 4) is 23.0 Å². The third-order valence-electron chi connectivity index (χ3n) is 13.8. The van der Waals surface area contributed by atoms with Crippen LogP contribution in [0.1, 0.15) is 72.8 Å². The van der Waals surface area contributed by atoms with Gasteiger partial charge in [0.25, 0.3) is 0 Å². The van der Waals surface area contributed by atoms with Crippen molar-refractivity contribution in [2.45, 2.75) is 99.6 Å². The molecule has 0 amide bonds. The predicted octanol–water partition coefficient (Wildman–Crippen LogP) is 7.95. The number of rotatable bonds is 4. The van der Waals surface area contributed by atoms with Gasteiger partial charge < -0.3 is 34.5 Å². The summed E-state index contributed by atoms with van der Waals surface area (Å²) in [6.45, 7) is 3.87. The third-order valence-corrected chi connectivity index (χ3v) is 13.8. The smallest absolute Gasteiger partial charge is 0.174 e. The number of likely N-dealkylation sites (tertiary alicyclic amines) is 2. The largest absolute Gasteiger partial charge is 0.504 e. The topological polar surface area (TPSA) is 82.5 Å². The van der Waals surface area contributed by atoms with Crippen LogP contribution < -0.4 is 9.47 Å². The van der Waals surface area contributed by atoms with Crippen LogP contribution in [0.3, 0.4) is 0 Å². The molecule has 9 heteroatoms. The fourth-order valence-electron chi connectivity index (χ4n) is 11.6. The molecule has 0 aromatic heterocycles. The molecule has 3 unspecified atom stereocenters. The number of nitrogens with zero attached hydrogens (tertiary/aromatic N) is 2. The summed E-state index contributed by atoms with van der Waals surface area (Å²) in [4.78, 5) is 18.0. The Balaban J connectivity index is 0.000000175. The van der Waals surface area contributed by atoms with Gasteiger partial charge in [0.1, 0.15) is 6.10 Å². The van der Waals surface area contributed by atoms with E-state index in [1.165, 1.54) is 41.5 Å². The number of phenolic OH excluding ortho intramolecular Hbond substituents is 2. The van der Waals surface area contributed by atoms with Gasteiger partial charge in [0.15, 0.2) is 34.9 Å². The summed E-state index contributed by atoms with van der Waals surface area (Å²) < 4.78 is 12.5. The van der Waals surface area contributed by atoms with E-state index in [0.717, 1.165) is 63.2 Å². The number of carbonyl (C=O) groups is 1. The molecule has 2 saturated carbocycles. The van der Waals surface area contributed by atoms with E-state index in [1.807, 2.05) is 6.07 Å². The Bertz CT molecular complexity index is 2000. The second-order valence-corrected chi connectivity index (χ2v) is 16.2. The van der Waals surface area contributed by atoms with E-state index in [1.54, 1.807) is 12.1 Å². The number of aromatic hydroxyl groups is 2. The molecule has 4 fully saturated rings. The van der Waals surface area contributed by atoms with Crippen molar-refractivity contribution >= 4 is 5.78 Å². The average molecular weight is 891 g/mol. The molecule has 2 spiro atoms. The second-order valence-electron chi connectivity index (χ2n) is 16.2. The molecule has 4 aromatic carbocycles. The van der Waals surface area contributed by atoms with E-state index < -0.39 is 6.10 Å². The van der Waals surface area contributed by atoms with Crippen LogP contribution in [0.4, 0.5) is 0 Å². The van der Waals surface area contributed by atoms with Crippen molar-refractivity contribution in [2.24, 2.45) is 5.92 Å². The van der Waals surface area contributed by atoms with Crippen LogP contribution in [0.25, 0.3) is 0 Å². The molecule has 7 atom stereocenters. The van der Waals surface area contributed by atoms with Gasteiger partial charge in [0, 0.05) is 126 Å². The van der Waals surface area contributed by atoms with Gasteiger partial charge in [-0.15, -0.1) is 0 Å². The summed E-state index contributed by atoms with van der Waals surface area (Å²) in [5, 5.41) is 20.6. The minimum Gasteiger partial charge on any atom is -0.504 e. The van der Waals surface area contributed by atoms with Gasteiger partial charge in [-0.05, 0) is 79.8 Å². The molecule has 4 bridgehead atoms. The van der Waals surface area contributed by atoms with E-state index in [0.29, 0.717) is 35.9 Å². The van der Waals surface area contributed by atoms with Crippen molar-refractivity contribution < 1.29 is 89.9 Å². The Morgan fingerprint density at radius 1 is 0.745 bits per heavy atom. The number of fused-ring (bicyclic) bond motifs is 2. The van der Waals surface area contributed by atoms with Crippen molar-refractivity contribution in [3.63, 3.8) is 0 Å². The summed E-state index contributed by atoms with van der Waals surface area (Å²) in [5.74, 6) is 2.46. The number of ketones is 1. The molecule has 2 saturated heterocycles. The van der Waals surface area contributed by atoms with Crippen LogP contribution in [-0.2, 0) is 101 Å². The number of phenols is 2. The Morgan fingerprint density at radius 2 is 1.44 bits per heavy atom. The van der Waals surface area contributed by atoms with Gasteiger partial charge in [-0.1, -0.05) is 85.3 Å². The van der Waals surface area contributed by atoms with Crippen molar-refractivity contribution in [3.05, 3.63) is 134 Å². The summed E-state index contributed by atoms with van der Waals surface area (Å²) in [6.07, 6.45) is 8.05. The van der Waals surface area contributed by atoms with Crippen LogP contribution in [0.2, 0.25) is 0 Å². The maximum absolute atomic E-state index is 12.8. The quantitative estimate of drug-likeness (QED) is 0.202. The van der Waals surface area contributed by atoms with E-state index in [9.17, 15) is 15.0 Å². The summed E-state index contributed by atoms with van der Waals surface area (Å²) in [6, 6.07) is 32.1. The van der Waals surface area contributed by atoms with Gasteiger partial charge >= 0.3 is 0 Å². The number of piperidine rings is 2. The number of para-hydroxylation sites is 1. The zero-order chi connectivity index (χ0) is 34.3. The second kappa shape index (κ2) is 16.6. The SMILES string of the molecule is O=C1CCC2C3Cc4ccc(O)c5c4[C@]2(CCN3Cc2ccccc2)[C@@H]1O5.Oc1cccc2c1O[C@@H]1CN(Cc3ccccc3)C3CCC[C@]21C3.[CH3-].[CH3-].[Y].[Y]. The van der Waals surface area contributed by atoms with E-state index in [4.69, 9.17) is 9.47 Å². The van der Waals surface area contributed by atoms with E-state index in [2.05, 4.69) is 82.6 Å². The first-order valence-electron chi connectivity index (χ1n) is 19.0. The van der Waals surface area contributed by atoms with Gasteiger partial charge in [-0.3, -0.25) is 14.6 Å². The standard InChI is InChI=1S/C23H23NO3.C21H23NO2.2CH3.2Y/c25-18-8-6-15-12-17-16-7-9-19(26)22-23(16,20(15)21(18)27-22)10-11-24(17)13-14-4-2-1-3-5-14;23-18-10-4-9-17-20(18)24-19-14-22(13-15-6-2-1-3-7-15)16-8-5-11-21(17,19)12-16;;;;/h1-6,8,16-17,22,25H,7,9-13H2;1-4,6-7,9-10,16,19,23H,5,8,11-14H2;2*1H3;;/q;;2*-1;;/t16?,17?,22-,23-;16?,19-,21+;;;;/m11..../s1. The molecule has 4 heterocycles. The summed E-state index contributed by atoms with van der Waals surface area (Å²) >= 11 is 0. The van der Waals surface area contributed by atoms with Crippen LogP contribution in [-0.4, -0.2) is 63.2 Å². The maximum atomic E-state index is 12.8. The fourth-order valence-corrected chi connectivity index (χ4v) is 11.6. The van der Waals surface area contributed by atoms with Gasteiger partial charge in [0.05, 0.1) is 0 Å². The number of hydrogen-bond acceptors (Lipinski definition) is 7. The molecule has 4 aromatic rings. The number of hydrogen-bond donors (Lipinski definition) is 2. The Labute approximate surface area is 377 Å². The fraction of sp³-hybridized carbons (Fsp3) is 0.413. The zero-order valence-corrected chi connectivity index (χ0v) is 37.9. The van der Waals surface area contributed by atoms with E-state index in [-0.39, 0.29) is 109 Å². The molecule has 3 aliphatic carbocycles. The first kappa shape index (κ1) is 42.5. The molecular weight excluding hydrogens is 838 g/mol. The maximum Gasteiger partial charge on any atom is 0.174 e. The number of benzene rings is 4. The molecular formula is C46H52N2O5Y2-2. The van der Waals surface area contributed by atoms with Gasteiger partial charge in [-0.25, -0.2) is 0 Å². The number of ether oxygens (including phenoxy) is 2. The average Bonchev–Trinajstić information content (AvgIpc) is 3.66. The molecule has 284 valence electrons. The third kappa shape index (κ3) is 6.79. The Kier molecular flexibility index (Phi) is 12.8. The molecule has 2 N–H and O–H groups in total. The molecule has 11 rings (SSSR count). The number of Topliss-reactive ketones (excluding diaryl/α,β-unsaturated/α-hetero) is 1. The van der Waals surface area contributed by atoms with Crippen molar-refractivity contribution in [1.82, 2.24) is 9.80 Å². The summed E-state index contributed by atoms with van der Waals surface area (Å²) in [7, 11) is 0. The Hall–Kier alpha value is -2.12. The van der Waals surface area contributed by atoms with Crippen LogP contribution in [0.5, 0.6) is 23.0 Å². The molecule has 7 nitrogen and oxygen atoms in total. The Morgan fingerprint density at radius 3 is 2.16 bits per heavy atom. The van der Waals surface area contributed by atoms with Crippen LogP contribution in [0, 0.1) is 20.8 Å². The molecule has 7 aliphatic rings. The molecule has 2 radical (unpaired) electrons. The van der Waals surface area contributed by atoms with Crippen LogP contribution >= 0.6 is 0 Å². The van der Waals surface area contributed by atoms with Gasteiger partial charge in [-0.2, -0.15) is 0 Å². The molecule has 4 aliphatic heterocycles. The summed E-state index contributed by atoms with van der Waals surface area (Å²) in [5.41, 5.74) is 6.27. The number of carbonyl (C=O) groups excluding carboxylic acids is 1. The molecule has 55 heavy (non-hydrogen) atoms. The zero-order valence-electron chi connectivity index (χ0n) is 32.2. The first-order chi connectivity index (χ1) is 24.9. The van der Waals surface area contributed by atoms with Crippen LogP contribution in [0.15, 0.2) is 91.0 Å². The van der Waals surface area contributed by atoms with Crippen molar-refractivity contribution in [1.29, 1.82) is 0 Å². The van der Waals surface area contributed by atoms with E-state index >= 15 is 0 Å². The monoisotopic (exact) mass is 890 g/mol. The van der Waals surface area contributed by atoms with Crippen molar-refractivity contribution in [2.75, 3.05) is 13.1 Å². The van der Waals surface area contributed by atoms with Gasteiger partial charge in [0.2, 0.25) is 0 Å². The normalized spacial score (nSPS) is 30.0.